The lowest BCUT2D eigenvalue weighted by molar-refractivity contribution is 0.0588. The Morgan fingerprint density at radius 2 is 1.10 bits per heavy atom. The molecule has 316 valence electrons. The van der Waals surface area contributed by atoms with Crippen molar-refractivity contribution in [3.63, 3.8) is 0 Å². The topological polar surface area (TPSA) is 189 Å². The Kier molecular flexibility index (Phi) is 15.0. The molecule has 3 heterocycles. The van der Waals surface area contributed by atoms with Crippen LogP contribution in [0.4, 0.5) is 40.1 Å². The maximum Gasteiger partial charge on any atom is 0.413 e. The van der Waals surface area contributed by atoms with Gasteiger partial charge in [-0.3, -0.25) is 10.6 Å². The average molecular weight is 827 g/mol. The highest BCUT2D eigenvalue weighted by molar-refractivity contribution is 5.93. The van der Waals surface area contributed by atoms with Crippen LogP contribution < -0.4 is 30.3 Å². The Hall–Kier alpha value is -6.63. The van der Waals surface area contributed by atoms with Gasteiger partial charge in [0.25, 0.3) is 0 Å². The van der Waals surface area contributed by atoms with E-state index in [-0.39, 0.29) is 45.8 Å². The van der Waals surface area contributed by atoms with E-state index in [4.69, 9.17) is 23.7 Å². The van der Waals surface area contributed by atoms with Crippen LogP contribution in [0, 0.1) is 17.5 Å². The van der Waals surface area contributed by atoms with Gasteiger partial charge in [-0.15, -0.1) is 0 Å². The third kappa shape index (κ3) is 13.8. The van der Waals surface area contributed by atoms with E-state index in [1.54, 1.807) is 53.7 Å². The fourth-order valence-corrected chi connectivity index (χ4v) is 5.04. The van der Waals surface area contributed by atoms with Crippen molar-refractivity contribution in [3.8, 4) is 23.0 Å². The summed E-state index contributed by atoms with van der Waals surface area (Å²) >= 11 is 0. The number of amides is 2. The molecular formula is C40H45F3N6O10. The van der Waals surface area contributed by atoms with E-state index in [0.717, 1.165) is 69.4 Å². The highest BCUT2D eigenvalue weighted by Gasteiger charge is 2.22. The average Bonchev–Trinajstić information content (AvgIpc) is 3.15. The van der Waals surface area contributed by atoms with Crippen LogP contribution in [0.1, 0.15) is 62.3 Å². The van der Waals surface area contributed by atoms with Gasteiger partial charge in [0, 0.05) is 56.1 Å². The van der Waals surface area contributed by atoms with Crippen molar-refractivity contribution in [2.75, 3.05) is 55.9 Å². The SMILES string of the molecule is COC(=O)c1ccc(F)cc1Oc1cnc(NC(=O)OC(C)(C)C)c(F)c1.COC(=O)c1ccc(N2CCNCC2)cc1Oc1cnc(NC(=O)OC(C)(C)C)c(F)c1. The van der Waals surface area contributed by atoms with Gasteiger partial charge in [-0.2, -0.15) is 0 Å². The van der Waals surface area contributed by atoms with Crippen molar-refractivity contribution in [1.82, 2.24) is 15.3 Å². The maximum atomic E-state index is 14.5. The Labute approximate surface area is 338 Å². The van der Waals surface area contributed by atoms with Crippen LogP contribution in [-0.4, -0.2) is 85.7 Å². The number of aromatic nitrogens is 2. The van der Waals surface area contributed by atoms with Crippen molar-refractivity contribution < 1.29 is 60.8 Å². The number of carbonyl (C=O) groups excluding carboxylic acids is 4. The molecule has 4 aromatic rings. The van der Waals surface area contributed by atoms with Crippen LogP contribution in [0.25, 0.3) is 0 Å². The van der Waals surface area contributed by atoms with Gasteiger partial charge in [0.15, 0.2) is 23.3 Å². The number of benzene rings is 2. The summed E-state index contributed by atoms with van der Waals surface area (Å²) in [4.78, 5) is 57.2. The number of pyridine rings is 2. The summed E-state index contributed by atoms with van der Waals surface area (Å²) in [5, 5.41) is 7.71. The minimum absolute atomic E-state index is 0.0461. The largest absolute Gasteiger partial charge is 0.465 e. The number of nitrogens with one attached hydrogen (secondary N) is 3. The number of halogens is 3. The number of hydrogen-bond donors (Lipinski definition) is 3. The summed E-state index contributed by atoms with van der Waals surface area (Å²) in [7, 11) is 2.43. The van der Waals surface area contributed by atoms with Crippen molar-refractivity contribution in [2.24, 2.45) is 0 Å². The number of hydrogen-bond acceptors (Lipinski definition) is 14. The zero-order valence-corrected chi connectivity index (χ0v) is 33.7. The first kappa shape index (κ1) is 45.1. The summed E-state index contributed by atoms with van der Waals surface area (Å²) in [6, 6.07) is 10.3. The quantitative estimate of drug-likeness (QED) is 0.109. The zero-order chi connectivity index (χ0) is 43.5. The van der Waals surface area contributed by atoms with Crippen LogP contribution >= 0.6 is 0 Å². The van der Waals surface area contributed by atoms with E-state index >= 15 is 0 Å². The molecule has 0 saturated carbocycles. The van der Waals surface area contributed by atoms with Gasteiger partial charge in [-0.25, -0.2) is 42.3 Å². The summed E-state index contributed by atoms with van der Waals surface area (Å²) in [5.74, 6) is -4.39. The first-order chi connectivity index (χ1) is 27.7. The summed E-state index contributed by atoms with van der Waals surface area (Å²) in [6.07, 6.45) is 0.644. The molecule has 0 bridgehead atoms. The normalized spacial score (nSPS) is 12.6. The Bertz CT molecular complexity index is 2150. The molecular weight excluding hydrogens is 781 g/mol. The fourth-order valence-electron chi connectivity index (χ4n) is 5.04. The predicted octanol–water partition coefficient (Wildman–Crippen LogP) is 7.84. The van der Waals surface area contributed by atoms with Crippen molar-refractivity contribution >= 4 is 41.4 Å². The third-order valence-corrected chi connectivity index (χ3v) is 7.53. The molecule has 19 heteroatoms. The molecule has 1 aliphatic heterocycles. The monoisotopic (exact) mass is 826 g/mol. The number of esters is 2. The second-order valence-corrected chi connectivity index (χ2v) is 14.5. The number of nitrogens with zero attached hydrogens (tertiary/aromatic N) is 3. The molecule has 0 unspecified atom stereocenters. The standard InChI is InChI=1S/C22H27FN4O5.C18H18F2N2O5/c1-22(2,3)32-21(29)26-19-17(23)12-15(13-25-19)31-18-11-14(27-9-7-24-8-10-27)5-6-16(18)20(28)30-4;1-18(2,3)27-17(24)22-15-13(20)8-11(9-21-15)26-14-7-10(19)5-6-12(14)16(23)25-4/h5-6,11-13,24H,7-10H2,1-4H3,(H,25,26,29);5-9H,1-4H3,(H,21,22,24). The van der Waals surface area contributed by atoms with Crippen LogP contribution in [0.3, 0.4) is 0 Å². The molecule has 2 amide bonds. The number of methoxy groups -OCH3 is 2. The second-order valence-electron chi connectivity index (χ2n) is 14.5. The number of piperazine rings is 1. The lowest BCUT2D eigenvalue weighted by Crippen LogP contribution is -2.43. The van der Waals surface area contributed by atoms with Crippen LogP contribution in [-0.2, 0) is 18.9 Å². The number of carbonyl (C=O) groups is 4. The molecule has 3 N–H and O–H groups in total. The summed E-state index contributed by atoms with van der Waals surface area (Å²) in [6.45, 7) is 13.4. The van der Waals surface area contributed by atoms with Crippen LogP contribution in [0.2, 0.25) is 0 Å². The Morgan fingerprint density at radius 3 is 1.53 bits per heavy atom. The fraction of sp³-hybridized carbons (Fsp3) is 0.350. The first-order valence-electron chi connectivity index (χ1n) is 18.0. The molecule has 1 saturated heterocycles. The van der Waals surface area contributed by atoms with Gasteiger partial charge < -0.3 is 38.6 Å². The van der Waals surface area contributed by atoms with Crippen molar-refractivity contribution in [3.05, 3.63) is 89.5 Å². The predicted molar refractivity (Wildman–Crippen MR) is 209 cm³/mol. The Morgan fingerprint density at radius 1 is 0.661 bits per heavy atom. The van der Waals surface area contributed by atoms with Crippen LogP contribution in [0.15, 0.2) is 60.9 Å². The highest BCUT2D eigenvalue weighted by atomic mass is 19.1. The minimum atomic E-state index is -0.908. The van der Waals surface area contributed by atoms with Crippen molar-refractivity contribution in [2.45, 2.75) is 52.7 Å². The molecule has 0 radical (unpaired) electrons. The van der Waals surface area contributed by atoms with Crippen LogP contribution in [0.5, 0.6) is 23.0 Å². The second kappa shape index (κ2) is 19.7. The van der Waals surface area contributed by atoms with Crippen molar-refractivity contribution in [1.29, 1.82) is 0 Å². The first-order valence-corrected chi connectivity index (χ1v) is 18.0. The summed E-state index contributed by atoms with van der Waals surface area (Å²) in [5.41, 5.74) is -0.474. The smallest absolute Gasteiger partial charge is 0.413 e. The molecule has 5 rings (SSSR count). The van der Waals surface area contributed by atoms with Gasteiger partial charge in [0.1, 0.15) is 51.1 Å². The van der Waals surface area contributed by atoms with Gasteiger partial charge in [0.05, 0.1) is 26.6 Å². The van der Waals surface area contributed by atoms with Gasteiger partial charge >= 0.3 is 24.1 Å². The lowest BCUT2D eigenvalue weighted by atomic mass is 10.1. The van der Waals surface area contributed by atoms with Gasteiger partial charge in [-0.05, 0) is 65.8 Å². The zero-order valence-electron chi connectivity index (χ0n) is 33.7. The summed E-state index contributed by atoms with van der Waals surface area (Å²) < 4.78 is 72.8. The molecule has 1 aliphatic rings. The van der Waals surface area contributed by atoms with E-state index in [2.05, 4.69) is 35.6 Å². The minimum Gasteiger partial charge on any atom is -0.465 e. The molecule has 16 nitrogen and oxygen atoms in total. The molecule has 2 aromatic carbocycles. The number of rotatable bonds is 9. The highest BCUT2D eigenvalue weighted by Crippen LogP contribution is 2.32. The van der Waals surface area contributed by atoms with E-state index in [1.807, 2.05) is 6.07 Å². The van der Waals surface area contributed by atoms with E-state index < -0.39 is 52.8 Å². The number of ether oxygens (including phenoxy) is 6. The molecule has 1 fully saturated rings. The molecule has 59 heavy (non-hydrogen) atoms. The molecule has 0 spiro atoms. The molecule has 2 aromatic heterocycles. The number of anilines is 3. The van der Waals surface area contributed by atoms with E-state index in [1.165, 1.54) is 19.4 Å². The lowest BCUT2D eigenvalue weighted by Gasteiger charge is -2.30. The maximum absolute atomic E-state index is 14.5. The molecule has 0 atom stereocenters. The van der Waals surface area contributed by atoms with E-state index in [9.17, 15) is 32.3 Å². The van der Waals surface area contributed by atoms with Gasteiger partial charge in [-0.1, -0.05) is 0 Å². The third-order valence-electron chi connectivity index (χ3n) is 7.53. The van der Waals surface area contributed by atoms with Gasteiger partial charge in [0.2, 0.25) is 0 Å². The molecule has 0 aliphatic carbocycles. The van der Waals surface area contributed by atoms with E-state index in [0.29, 0.717) is 0 Å². The Balaban J connectivity index is 0.000000265.